The number of nitrogens with zero attached hydrogens (tertiary/aromatic N) is 1. The second kappa shape index (κ2) is 5.92. The van der Waals surface area contributed by atoms with Crippen molar-refractivity contribution < 1.29 is 9.47 Å². The van der Waals surface area contributed by atoms with E-state index in [9.17, 15) is 0 Å². The Bertz CT molecular complexity index is 173. The summed E-state index contributed by atoms with van der Waals surface area (Å²) in [5, 5.41) is 11.7. The van der Waals surface area contributed by atoms with Crippen molar-refractivity contribution in [3.8, 4) is 6.07 Å². The molecule has 2 atom stereocenters. The van der Waals surface area contributed by atoms with Crippen LogP contribution in [-0.2, 0) is 9.47 Å². The standard InChI is InChI=1S/C9H16N2O2/c1-8(4-10)5-11-6-9-7-12-2-3-13-9/h8-9,11H,2-3,5-7H2,1H3. The van der Waals surface area contributed by atoms with Crippen LogP contribution in [0.1, 0.15) is 6.92 Å². The molecule has 0 spiro atoms. The Labute approximate surface area is 78.8 Å². The molecule has 0 saturated carbocycles. The average molecular weight is 184 g/mol. The van der Waals surface area contributed by atoms with E-state index in [1.807, 2.05) is 6.92 Å². The third-order valence-corrected chi connectivity index (χ3v) is 1.93. The zero-order chi connectivity index (χ0) is 9.52. The van der Waals surface area contributed by atoms with Gasteiger partial charge < -0.3 is 14.8 Å². The van der Waals surface area contributed by atoms with E-state index in [0.29, 0.717) is 19.8 Å². The number of nitriles is 1. The minimum absolute atomic E-state index is 0.0597. The summed E-state index contributed by atoms with van der Waals surface area (Å²) in [4.78, 5) is 0. The fourth-order valence-corrected chi connectivity index (χ4v) is 1.16. The van der Waals surface area contributed by atoms with Crippen LogP contribution < -0.4 is 5.32 Å². The van der Waals surface area contributed by atoms with Gasteiger partial charge in [-0.3, -0.25) is 0 Å². The number of rotatable bonds is 4. The molecular weight excluding hydrogens is 168 g/mol. The number of hydrogen-bond acceptors (Lipinski definition) is 4. The fourth-order valence-electron chi connectivity index (χ4n) is 1.16. The molecule has 0 aliphatic carbocycles. The lowest BCUT2D eigenvalue weighted by Crippen LogP contribution is -2.38. The first kappa shape index (κ1) is 10.5. The van der Waals surface area contributed by atoms with E-state index in [-0.39, 0.29) is 12.0 Å². The highest BCUT2D eigenvalue weighted by Gasteiger charge is 2.13. The molecule has 2 unspecified atom stereocenters. The first-order valence-electron chi connectivity index (χ1n) is 4.62. The lowest BCUT2D eigenvalue weighted by Gasteiger charge is -2.23. The molecular formula is C9H16N2O2. The molecule has 13 heavy (non-hydrogen) atoms. The predicted octanol–water partition coefficient (Wildman–Crippen LogP) is 0.151. The highest BCUT2D eigenvalue weighted by molar-refractivity contribution is 4.80. The van der Waals surface area contributed by atoms with Gasteiger partial charge in [-0.05, 0) is 6.92 Å². The van der Waals surface area contributed by atoms with Crippen molar-refractivity contribution in [3.63, 3.8) is 0 Å². The summed E-state index contributed by atoms with van der Waals surface area (Å²) in [6, 6.07) is 2.17. The van der Waals surface area contributed by atoms with Gasteiger partial charge in [-0.2, -0.15) is 5.26 Å². The predicted molar refractivity (Wildman–Crippen MR) is 48.2 cm³/mol. The minimum Gasteiger partial charge on any atom is -0.376 e. The van der Waals surface area contributed by atoms with Crippen LogP contribution in [0.2, 0.25) is 0 Å². The van der Waals surface area contributed by atoms with Crippen LogP contribution in [0.15, 0.2) is 0 Å². The van der Waals surface area contributed by atoms with Gasteiger partial charge in [-0.1, -0.05) is 0 Å². The van der Waals surface area contributed by atoms with Crippen LogP contribution in [0.3, 0.4) is 0 Å². The molecule has 0 amide bonds. The van der Waals surface area contributed by atoms with Gasteiger partial charge in [0.05, 0.1) is 37.9 Å². The molecule has 0 bridgehead atoms. The van der Waals surface area contributed by atoms with Crippen LogP contribution >= 0.6 is 0 Å². The Hall–Kier alpha value is -0.630. The Morgan fingerprint density at radius 2 is 2.46 bits per heavy atom. The minimum atomic E-state index is 0.0597. The van der Waals surface area contributed by atoms with Crippen molar-refractivity contribution >= 4 is 0 Å². The molecule has 0 aromatic rings. The second-order valence-corrected chi connectivity index (χ2v) is 3.26. The topological polar surface area (TPSA) is 54.3 Å². The molecule has 0 radical (unpaired) electrons. The largest absolute Gasteiger partial charge is 0.376 e. The lowest BCUT2D eigenvalue weighted by atomic mass is 10.2. The monoisotopic (exact) mass is 184 g/mol. The molecule has 1 saturated heterocycles. The summed E-state index contributed by atoms with van der Waals surface area (Å²) in [5.41, 5.74) is 0. The van der Waals surface area contributed by atoms with E-state index in [1.54, 1.807) is 0 Å². The highest BCUT2D eigenvalue weighted by atomic mass is 16.6. The third kappa shape index (κ3) is 4.23. The summed E-state index contributed by atoms with van der Waals surface area (Å²) < 4.78 is 10.7. The maximum atomic E-state index is 8.53. The normalized spacial score (nSPS) is 25.1. The summed E-state index contributed by atoms with van der Waals surface area (Å²) in [5.74, 6) is 0.0597. The van der Waals surface area contributed by atoms with Gasteiger partial charge in [-0.25, -0.2) is 0 Å². The molecule has 4 nitrogen and oxygen atoms in total. The van der Waals surface area contributed by atoms with Gasteiger partial charge >= 0.3 is 0 Å². The molecule has 1 heterocycles. The van der Waals surface area contributed by atoms with Crippen molar-refractivity contribution in [2.24, 2.45) is 5.92 Å². The summed E-state index contributed by atoms with van der Waals surface area (Å²) in [6.45, 7) is 5.42. The molecule has 1 aliphatic heterocycles. The van der Waals surface area contributed by atoms with Crippen molar-refractivity contribution in [1.82, 2.24) is 5.32 Å². The molecule has 1 rings (SSSR count). The van der Waals surface area contributed by atoms with Crippen LogP contribution in [0.5, 0.6) is 0 Å². The maximum absolute atomic E-state index is 8.53. The first-order valence-corrected chi connectivity index (χ1v) is 4.62. The van der Waals surface area contributed by atoms with E-state index in [4.69, 9.17) is 14.7 Å². The van der Waals surface area contributed by atoms with E-state index < -0.39 is 0 Å². The molecule has 1 aliphatic rings. The van der Waals surface area contributed by atoms with Crippen LogP contribution in [0.4, 0.5) is 0 Å². The smallest absolute Gasteiger partial charge is 0.0933 e. The summed E-state index contributed by atoms with van der Waals surface area (Å²) in [7, 11) is 0. The van der Waals surface area contributed by atoms with Crippen molar-refractivity contribution in [3.05, 3.63) is 0 Å². The van der Waals surface area contributed by atoms with Gasteiger partial charge in [0.15, 0.2) is 0 Å². The van der Waals surface area contributed by atoms with Crippen molar-refractivity contribution in [2.45, 2.75) is 13.0 Å². The second-order valence-electron chi connectivity index (χ2n) is 3.26. The Kier molecular flexibility index (Phi) is 4.76. The SMILES string of the molecule is CC(C#N)CNCC1COCCO1. The Morgan fingerprint density at radius 3 is 3.08 bits per heavy atom. The average Bonchev–Trinajstić information content (AvgIpc) is 2.19. The van der Waals surface area contributed by atoms with Gasteiger partial charge in [0.1, 0.15) is 0 Å². The van der Waals surface area contributed by atoms with Gasteiger partial charge in [0.25, 0.3) is 0 Å². The zero-order valence-electron chi connectivity index (χ0n) is 7.95. The maximum Gasteiger partial charge on any atom is 0.0933 e. The Morgan fingerprint density at radius 1 is 1.62 bits per heavy atom. The highest BCUT2D eigenvalue weighted by Crippen LogP contribution is 1.99. The van der Waals surface area contributed by atoms with Crippen LogP contribution in [0, 0.1) is 17.2 Å². The summed E-state index contributed by atoms with van der Waals surface area (Å²) in [6.07, 6.45) is 0.152. The first-order chi connectivity index (χ1) is 6.33. The van der Waals surface area contributed by atoms with E-state index in [2.05, 4.69) is 11.4 Å². The molecule has 74 valence electrons. The molecule has 0 aromatic carbocycles. The molecule has 1 fully saturated rings. The van der Waals surface area contributed by atoms with E-state index >= 15 is 0 Å². The molecule has 1 N–H and O–H groups in total. The number of hydrogen-bond donors (Lipinski definition) is 1. The molecule has 4 heteroatoms. The zero-order valence-corrected chi connectivity index (χ0v) is 7.95. The lowest BCUT2D eigenvalue weighted by molar-refractivity contribution is -0.0863. The Balaban J connectivity index is 2.02. The third-order valence-electron chi connectivity index (χ3n) is 1.93. The summed E-state index contributed by atoms with van der Waals surface area (Å²) >= 11 is 0. The van der Waals surface area contributed by atoms with Gasteiger partial charge in [0, 0.05) is 13.1 Å². The number of nitrogens with one attached hydrogen (secondary N) is 1. The fraction of sp³-hybridized carbons (Fsp3) is 0.889. The van der Waals surface area contributed by atoms with Crippen molar-refractivity contribution in [1.29, 1.82) is 5.26 Å². The van der Waals surface area contributed by atoms with Crippen LogP contribution in [-0.4, -0.2) is 39.0 Å². The van der Waals surface area contributed by atoms with Gasteiger partial charge in [0.2, 0.25) is 0 Å². The molecule has 0 aromatic heterocycles. The number of ether oxygens (including phenoxy) is 2. The van der Waals surface area contributed by atoms with Crippen LogP contribution in [0.25, 0.3) is 0 Å². The van der Waals surface area contributed by atoms with Gasteiger partial charge in [-0.15, -0.1) is 0 Å². The van der Waals surface area contributed by atoms with E-state index in [0.717, 1.165) is 13.1 Å². The quantitative estimate of drug-likeness (QED) is 0.675. The van der Waals surface area contributed by atoms with Crippen molar-refractivity contribution in [2.75, 3.05) is 32.9 Å². The van der Waals surface area contributed by atoms with E-state index in [1.165, 1.54) is 0 Å².